The molecule has 0 aromatic heterocycles. The molecule has 0 aliphatic carbocycles. The van der Waals surface area contributed by atoms with Gasteiger partial charge in [-0.15, -0.1) is 0 Å². The number of Topliss-reactive ketones (excluding diaryl/α,β-unsaturated/α-hetero) is 1. The quantitative estimate of drug-likeness (QED) is 0.352. The molecule has 2 fully saturated rings. The number of halogens is 1. The highest BCUT2D eigenvalue weighted by Gasteiger charge is 2.45. The number of carbonyl (C=O) groups is 6. The molecule has 2 aliphatic heterocycles. The number of benzene rings is 2. The topological polar surface area (TPSA) is 162 Å². The van der Waals surface area contributed by atoms with E-state index in [1.54, 1.807) is 54.6 Å². The summed E-state index contributed by atoms with van der Waals surface area (Å²) in [6.07, 6.45) is -0.240. The molecule has 4 rings (SSSR count). The molecule has 2 aromatic rings. The molecule has 3 unspecified atom stereocenters. The Labute approximate surface area is 246 Å². The fourth-order valence-electron chi connectivity index (χ4n) is 4.90. The number of ketones is 1. The molecule has 2 heterocycles. The smallest absolute Gasteiger partial charge is 0.326 e. The third-order valence-corrected chi connectivity index (χ3v) is 7.35. The summed E-state index contributed by atoms with van der Waals surface area (Å²) in [7, 11) is 0. The number of rotatable bonds is 11. The van der Waals surface area contributed by atoms with Crippen LogP contribution in [0.5, 0.6) is 0 Å². The monoisotopic (exact) mass is 598 g/mol. The van der Waals surface area contributed by atoms with Crippen LogP contribution >= 0.6 is 11.6 Å². The maximum absolute atomic E-state index is 13.5. The lowest BCUT2D eigenvalue weighted by Gasteiger charge is -2.45. The van der Waals surface area contributed by atoms with Crippen LogP contribution in [0.1, 0.15) is 48.0 Å². The van der Waals surface area contributed by atoms with E-state index in [0.29, 0.717) is 22.6 Å². The van der Waals surface area contributed by atoms with Crippen molar-refractivity contribution < 1.29 is 38.6 Å². The minimum absolute atomic E-state index is 0.0245. The van der Waals surface area contributed by atoms with E-state index >= 15 is 0 Å². The summed E-state index contributed by atoms with van der Waals surface area (Å²) in [6.45, 7) is -0.403. The van der Waals surface area contributed by atoms with Gasteiger partial charge in [0.05, 0.1) is 19.2 Å². The van der Waals surface area contributed by atoms with E-state index < -0.39 is 66.5 Å². The highest BCUT2D eigenvalue weighted by atomic mass is 35.5. The molecule has 2 aliphatic rings. The van der Waals surface area contributed by atoms with Gasteiger partial charge >= 0.3 is 5.97 Å². The van der Waals surface area contributed by atoms with Gasteiger partial charge in [-0.05, 0) is 30.2 Å². The number of hydrogen-bond donors (Lipinski definition) is 3. The molecule has 2 aromatic carbocycles. The van der Waals surface area contributed by atoms with Crippen molar-refractivity contribution in [3.05, 3.63) is 70.7 Å². The molecule has 222 valence electrons. The van der Waals surface area contributed by atoms with Crippen molar-refractivity contribution >= 4 is 47.0 Å². The Balaban J connectivity index is 1.44. The first-order chi connectivity index (χ1) is 20.1. The molecular weight excluding hydrogens is 568 g/mol. The Morgan fingerprint density at radius 3 is 2.40 bits per heavy atom. The summed E-state index contributed by atoms with van der Waals surface area (Å²) in [4.78, 5) is 76.7. The van der Waals surface area contributed by atoms with Crippen LogP contribution in [0.4, 0.5) is 0 Å². The van der Waals surface area contributed by atoms with Crippen LogP contribution in [0.2, 0.25) is 5.02 Å². The van der Waals surface area contributed by atoms with Crippen LogP contribution in [0.3, 0.4) is 0 Å². The molecule has 3 atom stereocenters. The summed E-state index contributed by atoms with van der Waals surface area (Å²) in [5, 5.41) is 17.6. The van der Waals surface area contributed by atoms with Crippen molar-refractivity contribution in [2.24, 2.45) is 0 Å². The maximum atomic E-state index is 13.5. The minimum atomic E-state index is -1.61. The summed E-state index contributed by atoms with van der Waals surface area (Å²) in [5.74, 6) is -4.18. The van der Waals surface area contributed by atoms with Crippen molar-refractivity contribution in [3.8, 4) is 0 Å². The number of amides is 4. The summed E-state index contributed by atoms with van der Waals surface area (Å²) >= 11 is 6.08. The number of carbonyl (C=O) groups excluding carboxylic acids is 5. The molecule has 13 heteroatoms. The van der Waals surface area contributed by atoms with E-state index in [2.05, 4.69) is 10.6 Å². The number of fused-ring (bicyclic) bond motifs is 1. The van der Waals surface area contributed by atoms with Gasteiger partial charge in [0.2, 0.25) is 17.7 Å². The molecule has 3 N–H and O–H groups in total. The second-order valence-electron chi connectivity index (χ2n) is 10.1. The average molecular weight is 599 g/mol. The Kier molecular flexibility index (Phi) is 10.3. The second-order valence-corrected chi connectivity index (χ2v) is 10.5. The zero-order valence-corrected chi connectivity index (χ0v) is 23.4. The highest BCUT2D eigenvalue weighted by Crippen LogP contribution is 2.25. The van der Waals surface area contributed by atoms with Gasteiger partial charge in [0.1, 0.15) is 18.7 Å². The van der Waals surface area contributed by atoms with Crippen molar-refractivity contribution in [1.29, 1.82) is 0 Å². The zero-order chi connectivity index (χ0) is 30.2. The zero-order valence-electron chi connectivity index (χ0n) is 22.7. The van der Waals surface area contributed by atoms with E-state index in [0.717, 1.165) is 10.0 Å². The van der Waals surface area contributed by atoms with Crippen molar-refractivity contribution in [2.75, 3.05) is 13.2 Å². The third-order valence-electron chi connectivity index (χ3n) is 6.98. The molecule has 0 bridgehead atoms. The first-order valence-electron chi connectivity index (χ1n) is 13.5. The van der Waals surface area contributed by atoms with Crippen molar-refractivity contribution in [2.45, 2.75) is 56.8 Å². The molecule has 2 saturated heterocycles. The van der Waals surface area contributed by atoms with Crippen molar-refractivity contribution in [1.82, 2.24) is 20.7 Å². The van der Waals surface area contributed by atoms with Gasteiger partial charge in [-0.3, -0.25) is 24.0 Å². The number of hydrazine groups is 1. The van der Waals surface area contributed by atoms with E-state index in [1.807, 2.05) is 0 Å². The Hall–Kier alpha value is -4.29. The SMILES string of the molecule is O=C(COCc1ccccc1Cl)CC(NC(=O)C1CC(NC(=O)c2ccccc2)CN2C(=O)CCCC(=O)N12)C(=O)O. The van der Waals surface area contributed by atoms with Crippen LogP contribution in [0, 0.1) is 0 Å². The Bertz CT molecular complexity index is 1350. The molecule has 42 heavy (non-hydrogen) atoms. The molecule has 0 saturated carbocycles. The first kappa shape index (κ1) is 30.7. The predicted octanol–water partition coefficient (Wildman–Crippen LogP) is 1.71. The molecule has 0 radical (unpaired) electrons. The lowest BCUT2D eigenvalue weighted by molar-refractivity contribution is -0.177. The van der Waals surface area contributed by atoms with Gasteiger partial charge in [0.15, 0.2) is 5.78 Å². The van der Waals surface area contributed by atoms with E-state index in [1.165, 1.54) is 0 Å². The highest BCUT2D eigenvalue weighted by molar-refractivity contribution is 6.31. The van der Waals surface area contributed by atoms with Gasteiger partial charge in [0.25, 0.3) is 5.91 Å². The number of carboxylic acids is 1. The molecular formula is C29H31ClN4O8. The number of nitrogens with one attached hydrogen (secondary N) is 2. The lowest BCUT2D eigenvalue weighted by atomic mass is 10.00. The summed E-state index contributed by atoms with van der Waals surface area (Å²) in [6, 6.07) is 11.7. The predicted molar refractivity (Wildman–Crippen MR) is 149 cm³/mol. The van der Waals surface area contributed by atoms with Crippen LogP contribution in [0.25, 0.3) is 0 Å². The van der Waals surface area contributed by atoms with Crippen LogP contribution in [-0.4, -0.2) is 81.8 Å². The van der Waals surface area contributed by atoms with Crippen LogP contribution < -0.4 is 10.6 Å². The van der Waals surface area contributed by atoms with Crippen LogP contribution in [-0.2, 0) is 35.3 Å². The second kappa shape index (κ2) is 14.1. The van der Waals surface area contributed by atoms with Crippen molar-refractivity contribution in [3.63, 3.8) is 0 Å². The van der Waals surface area contributed by atoms with Gasteiger partial charge in [0, 0.05) is 36.3 Å². The molecule has 12 nitrogen and oxygen atoms in total. The largest absolute Gasteiger partial charge is 0.480 e. The number of carboxylic acid groups (broad SMARTS) is 1. The standard InChI is InChI=1S/C29H31ClN4O8/c30-22-10-5-4-9-19(22)16-42-17-21(35)14-23(29(40)41)32-28(39)24-13-20(31-27(38)18-7-2-1-3-8-18)15-33-25(36)11-6-12-26(37)34(24)33/h1-5,7-10,20,23-24H,6,11-17H2,(H,31,38)(H,32,39)(H,40,41). The summed E-state index contributed by atoms with van der Waals surface area (Å²) in [5.41, 5.74) is 1.03. The fourth-order valence-corrected chi connectivity index (χ4v) is 5.09. The Morgan fingerprint density at radius 2 is 1.69 bits per heavy atom. The first-order valence-corrected chi connectivity index (χ1v) is 13.9. The molecule has 0 spiro atoms. The van der Waals surface area contributed by atoms with Gasteiger partial charge in [-0.2, -0.15) is 0 Å². The number of nitrogens with zero attached hydrogens (tertiary/aromatic N) is 2. The average Bonchev–Trinajstić information content (AvgIpc) is 3.11. The van der Waals surface area contributed by atoms with Gasteiger partial charge in [-0.1, -0.05) is 48.0 Å². The number of ether oxygens (including phenoxy) is 1. The third kappa shape index (κ3) is 7.71. The normalized spacial score (nSPS) is 19.4. The molecule has 4 amide bonds. The van der Waals surface area contributed by atoms with Crippen LogP contribution in [0.15, 0.2) is 54.6 Å². The lowest BCUT2D eigenvalue weighted by Crippen LogP contribution is -2.67. The number of aliphatic carboxylic acids is 1. The van der Waals surface area contributed by atoms with Gasteiger partial charge in [-0.25, -0.2) is 14.8 Å². The Morgan fingerprint density at radius 1 is 1.00 bits per heavy atom. The minimum Gasteiger partial charge on any atom is -0.480 e. The summed E-state index contributed by atoms with van der Waals surface area (Å²) < 4.78 is 5.39. The number of hydrogen-bond acceptors (Lipinski definition) is 7. The fraction of sp³-hybridized carbons (Fsp3) is 0.379. The maximum Gasteiger partial charge on any atom is 0.326 e. The van der Waals surface area contributed by atoms with E-state index in [-0.39, 0.29) is 32.4 Å². The van der Waals surface area contributed by atoms with E-state index in [4.69, 9.17) is 16.3 Å². The van der Waals surface area contributed by atoms with Gasteiger partial charge < -0.3 is 20.5 Å². The van der Waals surface area contributed by atoms with E-state index in [9.17, 15) is 33.9 Å².